The second kappa shape index (κ2) is 5.13. The van der Waals surface area contributed by atoms with E-state index in [4.69, 9.17) is 5.26 Å². The average Bonchev–Trinajstić information content (AvgIpc) is 1.99. The Labute approximate surface area is 66.4 Å². The molecule has 0 aromatic rings. The highest BCUT2D eigenvalue weighted by molar-refractivity contribution is 8.02. The molecule has 10 heavy (non-hydrogen) atoms. The molecule has 0 unspecified atom stereocenters. The average molecular weight is 153 g/mol. The molecule has 0 aliphatic rings. The normalized spacial score (nSPS) is 13.0. The number of nitriles is 1. The highest BCUT2D eigenvalue weighted by atomic mass is 32.2. The number of hydrogen-bond donors (Lipinski definition) is 0. The first-order valence-electron chi connectivity index (χ1n) is 3.04. The minimum Gasteiger partial charge on any atom is -0.192 e. The Kier molecular flexibility index (Phi) is 4.78. The van der Waals surface area contributed by atoms with Crippen LogP contribution in [0.5, 0.6) is 0 Å². The van der Waals surface area contributed by atoms with Crippen molar-refractivity contribution in [2.24, 2.45) is 0 Å². The van der Waals surface area contributed by atoms with Crippen LogP contribution in [0, 0.1) is 11.3 Å². The van der Waals surface area contributed by atoms with Crippen molar-refractivity contribution in [3.8, 4) is 6.07 Å². The molecule has 0 bridgehead atoms. The second-order valence-corrected chi connectivity index (χ2v) is 2.81. The van der Waals surface area contributed by atoms with Gasteiger partial charge in [-0.05, 0) is 31.1 Å². The molecular weight excluding hydrogens is 142 g/mol. The maximum atomic E-state index is 8.59. The van der Waals surface area contributed by atoms with Gasteiger partial charge in [0.2, 0.25) is 0 Å². The van der Waals surface area contributed by atoms with E-state index in [9.17, 15) is 0 Å². The molecule has 0 rings (SSSR count). The number of rotatable bonds is 2. The highest BCUT2D eigenvalue weighted by Crippen LogP contribution is 2.15. The SMILES string of the molecule is C/C=C/C(C#N)=C(/C)SC. The van der Waals surface area contributed by atoms with E-state index in [1.165, 1.54) is 0 Å². The van der Waals surface area contributed by atoms with Gasteiger partial charge in [0.05, 0.1) is 11.6 Å². The maximum Gasteiger partial charge on any atom is 0.0999 e. The molecule has 0 spiro atoms. The molecule has 0 N–H and O–H groups in total. The first-order chi connectivity index (χ1) is 4.76. The van der Waals surface area contributed by atoms with Gasteiger partial charge in [-0.3, -0.25) is 0 Å². The van der Waals surface area contributed by atoms with Gasteiger partial charge < -0.3 is 0 Å². The van der Waals surface area contributed by atoms with Crippen LogP contribution in [0.25, 0.3) is 0 Å². The topological polar surface area (TPSA) is 23.8 Å². The van der Waals surface area contributed by atoms with Crippen molar-refractivity contribution in [1.82, 2.24) is 0 Å². The molecule has 0 saturated carbocycles. The zero-order valence-electron chi connectivity index (χ0n) is 6.51. The molecule has 1 nitrogen and oxygen atoms in total. The van der Waals surface area contributed by atoms with E-state index >= 15 is 0 Å². The van der Waals surface area contributed by atoms with Crippen molar-refractivity contribution in [1.29, 1.82) is 5.26 Å². The van der Waals surface area contributed by atoms with Crippen LogP contribution < -0.4 is 0 Å². The summed E-state index contributed by atoms with van der Waals surface area (Å²) in [5.41, 5.74) is 0.759. The quantitative estimate of drug-likeness (QED) is 0.450. The lowest BCUT2D eigenvalue weighted by Gasteiger charge is -1.94. The fraction of sp³-hybridized carbons (Fsp3) is 0.375. The Morgan fingerprint density at radius 1 is 1.60 bits per heavy atom. The third-order valence-corrected chi connectivity index (χ3v) is 1.97. The molecule has 0 heterocycles. The van der Waals surface area contributed by atoms with Crippen LogP contribution in [0.4, 0.5) is 0 Å². The van der Waals surface area contributed by atoms with Gasteiger partial charge in [0, 0.05) is 0 Å². The molecule has 0 radical (unpaired) electrons. The molecule has 0 fully saturated rings. The van der Waals surface area contributed by atoms with Crippen LogP contribution in [0.3, 0.4) is 0 Å². The number of nitrogens with zero attached hydrogens (tertiary/aromatic N) is 1. The van der Waals surface area contributed by atoms with Crippen molar-refractivity contribution < 1.29 is 0 Å². The van der Waals surface area contributed by atoms with Gasteiger partial charge in [-0.25, -0.2) is 0 Å². The van der Waals surface area contributed by atoms with E-state index in [0.29, 0.717) is 0 Å². The van der Waals surface area contributed by atoms with Crippen LogP contribution in [0.1, 0.15) is 13.8 Å². The first-order valence-corrected chi connectivity index (χ1v) is 4.26. The standard InChI is InChI=1S/C8H11NS/c1-4-5-8(6-9)7(2)10-3/h4-5H,1-3H3/b5-4+,8-7+. The Bertz CT molecular complexity index is 196. The van der Waals surface area contributed by atoms with Gasteiger partial charge in [-0.15, -0.1) is 11.8 Å². The molecule has 54 valence electrons. The van der Waals surface area contributed by atoms with Crippen molar-refractivity contribution in [2.45, 2.75) is 13.8 Å². The third kappa shape index (κ3) is 2.75. The van der Waals surface area contributed by atoms with Crippen molar-refractivity contribution >= 4 is 11.8 Å². The monoisotopic (exact) mass is 153 g/mol. The van der Waals surface area contributed by atoms with Crippen LogP contribution in [-0.4, -0.2) is 6.26 Å². The zero-order chi connectivity index (χ0) is 7.98. The summed E-state index contributed by atoms with van der Waals surface area (Å²) >= 11 is 1.60. The van der Waals surface area contributed by atoms with Crippen molar-refractivity contribution in [2.75, 3.05) is 6.26 Å². The molecule has 0 amide bonds. The summed E-state index contributed by atoms with van der Waals surface area (Å²) in [4.78, 5) is 1.07. The van der Waals surface area contributed by atoms with Crippen LogP contribution in [-0.2, 0) is 0 Å². The Morgan fingerprint density at radius 3 is 2.50 bits per heavy atom. The summed E-state index contributed by atoms with van der Waals surface area (Å²) in [7, 11) is 0. The van der Waals surface area contributed by atoms with E-state index in [1.807, 2.05) is 32.3 Å². The minimum absolute atomic E-state index is 0.759. The molecule has 0 saturated heterocycles. The van der Waals surface area contributed by atoms with Gasteiger partial charge in [0.25, 0.3) is 0 Å². The van der Waals surface area contributed by atoms with E-state index in [2.05, 4.69) is 6.07 Å². The minimum atomic E-state index is 0.759. The lowest BCUT2D eigenvalue weighted by atomic mass is 10.2. The summed E-state index contributed by atoms with van der Waals surface area (Å²) in [5.74, 6) is 0. The number of allylic oxidation sites excluding steroid dienone is 4. The van der Waals surface area contributed by atoms with Crippen LogP contribution >= 0.6 is 11.8 Å². The van der Waals surface area contributed by atoms with Gasteiger partial charge in [-0.2, -0.15) is 5.26 Å². The van der Waals surface area contributed by atoms with Crippen molar-refractivity contribution in [3.05, 3.63) is 22.6 Å². The third-order valence-electron chi connectivity index (χ3n) is 1.14. The predicted molar refractivity (Wildman–Crippen MR) is 46.6 cm³/mol. The van der Waals surface area contributed by atoms with E-state index in [0.717, 1.165) is 10.5 Å². The fourth-order valence-electron chi connectivity index (χ4n) is 0.510. The molecule has 0 aromatic heterocycles. The lowest BCUT2D eigenvalue weighted by molar-refractivity contribution is 1.46. The Hall–Kier alpha value is -0.680. The zero-order valence-corrected chi connectivity index (χ0v) is 7.33. The molecule has 0 aliphatic heterocycles. The summed E-state index contributed by atoms with van der Waals surface area (Å²) < 4.78 is 0. The smallest absolute Gasteiger partial charge is 0.0999 e. The summed E-state index contributed by atoms with van der Waals surface area (Å²) in [6.45, 7) is 3.86. The summed E-state index contributed by atoms with van der Waals surface area (Å²) in [6, 6.07) is 2.13. The fourth-order valence-corrected chi connectivity index (χ4v) is 0.844. The van der Waals surface area contributed by atoms with Gasteiger partial charge in [0.15, 0.2) is 0 Å². The maximum absolute atomic E-state index is 8.59. The van der Waals surface area contributed by atoms with Gasteiger partial charge in [0.1, 0.15) is 0 Å². The van der Waals surface area contributed by atoms with E-state index < -0.39 is 0 Å². The summed E-state index contributed by atoms with van der Waals surface area (Å²) in [6.07, 6.45) is 5.67. The second-order valence-electron chi connectivity index (χ2n) is 1.79. The van der Waals surface area contributed by atoms with Gasteiger partial charge in [-0.1, -0.05) is 6.08 Å². The van der Waals surface area contributed by atoms with Crippen molar-refractivity contribution in [3.63, 3.8) is 0 Å². The summed E-state index contributed by atoms with van der Waals surface area (Å²) in [5, 5.41) is 8.59. The largest absolute Gasteiger partial charge is 0.192 e. The molecule has 0 aromatic carbocycles. The predicted octanol–water partition coefficient (Wildman–Crippen LogP) is 2.72. The van der Waals surface area contributed by atoms with Crippen LogP contribution in [0.15, 0.2) is 22.6 Å². The number of hydrogen-bond acceptors (Lipinski definition) is 2. The van der Waals surface area contributed by atoms with Gasteiger partial charge >= 0.3 is 0 Å². The highest BCUT2D eigenvalue weighted by Gasteiger charge is 1.93. The van der Waals surface area contributed by atoms with Crippen LogP contribution in [0.2, 0.25) is 0 Å². The molecular formula is C8H11NS. The van der Waals surface area contributed by atoms with E-state index in [-0.39, 0.29) is 0 Å². The number of thioether (sulfide) groups is 1. The first kappa shape index (κ1) is 9.32. The lowest BCUT2D eigenvalue weighted by Crippen LogP contribution is -1.75. The van der Waals surface area contributed by atoms with E-state index in [1.54, 1.807) is 11.8 Å². The Morgan fingerprint density at radius 2 is 2.20 bits per heavy atom. The molecule has 0 aliphatic carbocycles. The molecule has 2 heteroatoms. The molecule has 0 atom stereocenters. The Balaban J connectivity index is 4.50.